The number of ether oxygens (including phenoxy) is 2. The third-order valence-corrected chi connectivity index (χ3v) is 6.97. The van der Waals surface area contributed by atoms with Crippen molar-refractivity contribution in [2.24, 2.45) is 5.73 Å². The van der Waals surface area contributed by atoms with E-state index in [-0.39, 0.29) is 13.2 Å². The van der Waals surface area contributed by atoms with E-state index in [1.54, 1.807) is 0 Å². The molecule has 0 aliphatic heterocycles. The predicted molar refractivity (Wildman–Crippen MR) is 174 cm³/mol. The molecule has 6 nitrogen and oxygen atoms in total. The Morgan fingerprint density at radius 2 is 1.16 bits per heavy atom. The van der Waals surface area contributed by atoms with Crippen molar-refractivity contribution in [3.63, 3.8) is 0 Å². The van der Waals surface area contributed by atoms with E-state index in [1.807, 2.05) is 111 Å². The highest BCUT2D eigenvalue weighted by atomic mass is 16.5. The zero-order chi connectivity index (χ0) is 31.1. The largest absolute Gasteiger partial charge is 0.481 e. The summed E-state index contributed by atoms with van der Waals surface area (Å²) in [4.78, 5) is 13.6. The van der Waals surface area contributed by atoms with Gasteiger partial charge in [-0.2, -0.15) is 0 Å². The summed E-state index contributed by atoms with van der Waals surface area (Å²) >= 11 is 0. The second-order valence-electron chi connectivity index (χ2n) is 10.6. The molecular weight excluding hydrogens is 548 g/mol. The van der Waals surface area contributed by atoms with Crippen molar-refractivity contribution < 1.29 is 19.4 Å². The number of nitrogens with two attached hydrogens (primary N) is 1. The van der Waals surface area contributed by atoms with Crippen LogP contribution in [0.1, 0.15) is 39.8 Å². The average molecular weight is 587 g/mol. The fraction of sp³-hybridized carbons (Fsp3) is 0.237. The molecule has 1 atom stereocenters. The van der Waals surface area contributed by atoms with Gasteiger partial charge in [-0.15, -0.1) is 0 Å². The zero-order valence-electron chi connectivity index (χ0n) is 25.3. The second-order valence-corrected chi connectivity index (χ2v) is 10.6. The maximum atomic E-state index is 11.5. The van der Waals surface area contributed by atoms with E-state index in [9.17, 15) is 9.90 Å². The van der Waals surface area contributed by atoms with Gasteiger partial charge in [-0.05, 0) is 56.7 Å². The van der Waals surface area contributed by atoms with Crippen LogP contribution in [-0.4, -0.2) is 41.8 Å². The van der Waals surface area contributed by atoms with Crippen LogP contribution >= 0.6 is 0 Å². The quantitative estimate of drug-likeness (QED) is 0.199. The van der Waals surface area contributed by atoms with Crippen LogP contribution in [-0.2, 0) is 17.9 Å². The van der Waals surface area contributed by atoms with Gasteiger partial charge in [0.15, 0.2) is 0 Å². The molecule has 0 spiro atoms. The second kappa shape index (κ2) is 16.6. The van der Waals surface area contributed by atoms with Crippen molar-refractivity contribution in [2.75, 3.05) is 19.8 Å². The molecule has 0 amide bonds. The summed E-state index contributed by atoms with van der Waals surface area (Å²) in [7, 11) is 0. The Hall–Kier alpha value is -5.01. The van der Waals surface area contributed by atoms with E-state index < -0.39 is 12.0 Å². The van der Waals surface area contributed by atoms with Crippen LogP contribution in [0.15, 0.2) is 97.1 Å². The van der Waals surface area contributed by atoms with Crippen molar-refractivity contribution in [1.82, 2.24) is 4.90 Å². The summed E-state index contributed by atoms with van der Waals surface area (Å²) in [5, 5.41) is 9.39. The average Bonchev–Trinajstić information content (AvgIpc) is 3.03. The first-order valence-electron chi connectivity index (χ1n) is 14.6. The zero-order valence-corrected chi connectivity index (χ0v) is 25.3. The van der Waals surface area contributed by atoms with Gasteiger partial charge in [0.1, 0.15) is 30.8 Å². The number of benzene rings is 4. The maximum Gasteiger partial charge on any atom is 0.320 e. The third kappa shape index (κ3) is 10.4. The maximum absolute atomic E-state index is 11.5. The van der Waals surface area contributed by atoms with Crippen LogP contribution in [0.4, 0.5) is 0 Å². The fourth-order valence-electron chi connectivity index (χ4n) is 4.47. The lowest BCUT2D eigenvalue weighted by Gasteiger charge is -2.25. The van der Waals surface area contributed by atoms with E-state index in [0.29, 0.717) is 26.1 Å². The van der Waals surface area contributed by atoms with Crippen molar-refractivity contribution in [2.45, 2.75) is 39.4 Å². The molecule has 0 radical (unpaired) electrons. The molecule has 224 valence electrons. The number of nitrogens with zero attached hydrogens (tertiary/aromatic N) is 1. The lowest BCUT2D eigenvalue weighted by Crippen LogP contribution is -2.35. The molecule has 4 rings (SSSR count). The SMILES string of the molecule is Cc1ccc(C#CCOc2ccccc2CN(CC[C@H](N)C(=O)O)Cc2ccccc2OCC#Cc2ccc(C)cc2)cc1. The van der Waals surface area contributed by atoms with E-state index in [2.05, 4.69) is 28.6 Å². The summed E-state index contributed by atoms with van der Waals surface area (Å²) in [6, 6.07) is 30.8. The number of carboxylic acid groups (broad SMARTS) is 1. The smallest absolute Gasteiger partial charge is 0.320 e. The minimum Gasteiger partial charge on any atom is -0.481 e. The molecular formula is C38H38N2O4. The number of aliphatic carboxylic acids is 1. The summed E-state index contributed by atoms with van der Waals surface area (Å²) in [6.07, 6.45) is 0.297. The molecule has 44 heavy (non-hydrogen) atoms. The van der Waals surface area contributed by atoms with Crippen molar-refractivity contribution in [3.8, 4) is 35.2 Å². The van der Waals surface area contributed by atoms with Crippen molar-refractivity contribution in [1.29, 1.82) is 0 Å². The summed E-state index contributed by atoms with van der Waals surface area (Å²) < 4.78 is 12.1. The molecule has 0 heterocycles. The molecule has 4 aromatic rings. The topological polar surface area (TPSA) is 85.0 Å². The molecule has 0 fully saturated rings. The Bertz CT molecular complexity index is 1530. The van der Waals surface area contributed by atoms with Crippen molar-refractivity contribution >= 4 is 5.97 Å². The Labute approximate surface area is 260 Å². The van der Waals surface area contributed by atoms with Crippen LogP contribution in [0.25, 0.3) is 0 Å². The number of para-hydroxylation sites is 2. The van der Waals surface area contributed by atoms with Gasteiger partial charge in [0, 0.05) is 41.9 Å². The number of carbonyl (C=O) groups is 1. The van der Waals surface area contributed by atoms with Gasteiger partial charge in [-0.25, -0.2) is 0 Å². The number of rotatable bonds is 12. The molecule has 0 bridgehead atoms. The fourth-order valence-corrected chi connectivity index (χ4v) is 4.47. The van der Waals surface area contributed by atoms with Crippen LogP contribution in [0.5, 0.6) is 11.5 Å². The normalized spacial score (nSPS) is 11.1. The number of hydrogen-bond acceptors (Lipinski definition) is 5. The molecule has 3 N–H and O–H groups in total. The molecule has 0 aliphatic rings. The lowest BCUT2D eigenvalue weighted by molar-refractivity contribution is -0.138. The predicted octanol–water partition coefficient (Wildman–Crippen LogP) is 5.97. The molecule has 0 aromatic heterocycles. The van der Waals surface area contributed by atoms with Gasteiger partial charge in [0.05, 0.1) is 0 Å². The Balaban J connectivity index is 1.45. The Morgan fingerprint density at radius 1 is 0.727 bits per heavy atom. The first-order valence-corrected chi connectivity index (χ1v) is 14.6. The molecule has 6 heteroatoms. The number of aryl methyl sites for hydroxylation is 2. The first kappa shape index (κ1) is 31.9. The van der Waals surface area contributed by atoms with Gasteiger partial charge in [0.2, 0.25) is 0 Å². The lowest BCUT2D eigenvalue weighted by atomic mass is 10.1. The van der Waals surface area contributed by atoms with E-state index >= 15 is 0 Å². The summed E-state index contributed by atoms with van der Waals surface area (Å²) in [5.41, 5.74) is 12.1. The molecule has 4 aromatic carbocycles. The molecule has 0 unspecified atom stereocenters. The Morgan fingerprint density at radius 3 is 1.59 bits per heavy atom. The molecule has 0 saturated carbocycles. The summed E-state index contributed by atoms with van der Waals surface area (Å²) in [5.74, 6) is 12.9. The van der Waals surface area contributed by atoms with Crippen LogP contribution in [0.3, 0.4) is 0 Å². The number of hydrogen-bond donors (Lipinski definition) is 2. The molecule has 0 aliphatic carbocycles. The minimum atomic E-state index is -1.02. The number of carboxylic acids is 1. The standard InChI is InChI=1S/C38H38N2O4/c1-29-15-19-31(20-16-29)9-7-25-43-36-13-5-3-11-33(36)27-40(24-23-35(39)38(41)42)28-34-12-4-6-14-37(34)44-26-8-10-32-21-17-30(2)18-22-32/h3-6,11-22,35H,23-28,39H2,1-2H3,(H,41,42)/t35-/m0/s1. The van der Waals surface area contributed by atoms with E-state index in [4.69, 9.17) is 15.2 Å². The van der Waals surface area contributed by atoms with Gasteiger partial charge in [-0.1, -0.05) is 95.5 Å². The summed E-state index contributed by atoms with van der Waals surface area (Å²) in [6.45, 7) is 6.10. The van der Waals surface area contributed by atoms with Gasteiger partial charge < -0.3 is 20.3 Å². The van der Waals surface area contributed by atoms with Crippen LogP contribution in [0, 0.1) is 37.5 Å². The first-order chi connectivity index (χ1) is 21.4. The van der Waals surface area contributed by atoms with Crippen LogP contribution < -0.4 is 15.2 Å². The van der Waals surface area contributed by atoms with Gasteiger partial charge in [-0.3, -0.25) is 9.69 Å². The molecule has 0 saturated heterocycles. The highest BCUT2D eigenvalue weighted by Crippen LogP contribution is 2.24. The van der Waals surface area contributed by atoms with Gasteiger partial charge >= 0.3 is 5.97 Å². The minimum absolute atomic E-state index is 0.245. The monoisotopic (exact) mass is 586 g/mol. The van der Waals surface area contributed by atoms with E-state index in [0.717, 1.165) is 33.8 Å². The Kier molecular flexibility index (Phi) is 12.0. The van der Waals surface area contributed by atoms with Crippen LogP contribution in [0.2, 0.25) is 0 Å². The van der Waals surface area contributed by atoms with Crippen molar-refractivity contribution in [3.05, 3.63) is 130 Å². The highest BCUT2D eigenvalue weighted by molar-refractivity contribution is 5.73. The third-order valence-electron chi connectivity index (χ3n) is 6.97. The van der Waals surface area contributed by atoms with E-state index in [1.165, 1.54) is 11.1 Å². The van der Waals surface area contributed by atoms with Gasteiger partial charge in [0.25, 0.3) is 0 Å². The highest BCUT2D eigenvalue weighted by Gasteiger charge is 2.17.